The summed E-state index contributed by atoms with van der Waals surface area (Å²) in [5.41, 5.74) is 2.88. The Morgan fingerprint density at radius 1 is 1.25 bits per heavy atom. The number of benzene rings is 1. The third kappa shape index (κ3) is 6.79. The van der Waals surface area contributed by atoms with Crippen molar-refractivity contribution in [2.45, 2.75) is 44.3 Å². The van der Waals surface area contributed by atoms with Crippen molar-refractivity contribution >= 4 is 30.3 Å². The van der Waals surface area contributed by atoms with Crippen LogP contribution in [-0.4, -0.2) is 67.8 Å². The fraction of sp³-hybridized carbons (Fsp3) is 0.400. The lowest BCUT2D eigenvalue weighted by molar-refractivity contribution is -0.132. The highest BCUT2D eigenvalue weighted by molar-refractivity contribution is 7.51. The molecule has 0 bridgehead atoms. The van der Waals surface area contributed by atoms with E-state index >= 15 is 0 Å². The van der Waals surface area contributed by atoms with Gasteiger partial charge in [-0.15, -0.1) is 0 Å². The Balaban J connectivity index is 1.38. The number of amides is 2. The number of fused-ring (bicyclic) bond motifs is 1. The van der Waals surface area contributed by atoms with Crippen LogP contribution in [-0.2, 0) is 20.7 Å². The van der Waals surface area contributed by atoms with Crippen LogP contribution in [0.3, 0.4) is 0 Å². The second-order valence-corrected chi connectivity index (χ2v) is 11.1. The minimum atomic E-state index is -4.20. The summed E-state index contributed by atoms with van der Waals surface area (Å²) >= 11 is 0. The minimum absolute atomic E-state index is 0.111. The Kier molecular flexibility index (Phi) is 8.21. The monoisotopic (exact) mass is 513 g/mol. The Morgan fingerprint density at radius 3 is 2.75 bits per heavy atom. The van der Waals surface area contributed by atoms with Crippen LogP contribution in [0.2, 0.25) is 0 Å². The fourth-order valence-electron chi connectivity index (χ4n) is 4.68. The molecule has 1 aliphatic heterocycles. The van der Waals surface area contributed by atoms with Gasteiger partial charge < -0.3 is 25.4 Å². The maximum atomic E-state index is 13.3. The van der Waals surface area contributed by atoms with E-state index in [1.807, 2.05) is 47.4 Å². The molecule has 11 heteroatoms. The molecule has 10 nitrogen and oxygen atoms in total. The van der Waals surface area contributed by atoms with E-state index in [9.17, 15) is 23.9 Å². The van der Waals surface area contributed by atoms with Crippen LogP contribution in [0.5, 0.6) is 0 Å². The molecular weight excluding hydrogens is 481 g/mol. The average molecular weight is 514 g/mol. The van der Waals surface area contributed by atoms with Crippen LogP contribution in [0.25, 0.3) is 10.9 Å². The number of likely N-dealkylation sites (tertiary alicyclic amines) is 1. The van der Waals surface area contributed by atoms with E-state index in [0.717, 1.165) is 28.6 Å². The number of hydrogen-bond acceptors (Lipinski definition) is 5. The van der Waals surface area contributed by atoms with Gasteiger partial charge in [-0.3, -0.25) is 24.0 Å². The first-order valence-electron chi connectivity index (χ1n) is 12.0. The van der Waals surface area contributed by atoms with Gasteiger partial charge in [-0.1, -0.05) is 30.3 Å². The number of aromatic nitrogens is 2. The number of rotatable bonds is 9. The predicted molar refractivity (Wildman–Crippen MR) is 136 cm³/mol. The first-order chi connectivity index (χ1) is 17.2. The maximum absolute atomic E-state index is 13.3. The molecule has 3 heterocycles. The molecular formula is C25H32N5O5P. The summed E-state index contributed by atoms with van der Waals surface area (Å²) in [6.45, 7) is 2.55. The molecule has 2 aromatic heterocycles. The third-order valence-electron chi connectivity index (χ3n) is 6.65. The zero-order valence-corrected chi connectivity index (χ0v) is 21.0. The number of aromatic amines is 1. The summed E-state index contributed by atoms with van der Waals surface area (Å²) in [7, 11) is -4.20. The molecule has 2 amide bonds. The molecule has 3 atom stereocenters. The summed E-state index contributed by atoms with van der Waals surface area (Å²) < 4.78 is 11.5. The summed E-state index contributed by atoms with van der Waals surface area (Å²) in [4.78, 5) is 53.8. The molecule has 4 rings (SSSR count). The molecule has 5 N–H and O–H groups in total. The second-order valence-electron chi connectivity index (χ2n) is 9.28. The van der Waals surface area contributed by atoms with Crippen molar-refractivity contribution in [3.63, 3.8) is 0 Å². The van der Waals surface area contributed by atoms with E-state index in [-0.39, 0.29) is 37.0 Å². The largest absolute Gasteiger partial charge is 0.357 e. The highest BCUT2D eigenvalue weighted by Crippen LogP contribution is 2.36. The van der Waals surface area contributed by atoms with Crippen molar-refractivity contribution in [1.29, 1.82) is 0 Å². The number of carbonyl (C=O) groups excluding carboxylic acids is 2. The lowest BCUT2D eigenvalue weighted by Crippen LogP contribution is -2.55. The zero-order chi connectivity index (χ0) is 25.7. The smallest absolute Gasteiger partial charge is 0.326 e. The van der Waals surface area contributed by atoms with E-state index in [0.29, 0.717) is 13.0 Å². The summed E-state index contributed by atoms with van der Waals surface area (Å²) in [6, 6.07) is 12.3. The zero-order valence-electron chi connectivity index (χ0n) is 20.1. The topological polar surface area (TPSA) is 148 Å². The van der Waals surface area contributed by atoms with Crippen LogP contribution in [0.4, 0.5) is 0 Å². The van der Waals surface area contributed by atoms with E-state index in [1.54, 1.807) is 19.3 Å². The lowest BCUT2D eigenvalue weighted by Gasteiger charge is -2.39. The molecule has 1 fully saturated rings. The Morgan fingerprint density at radius 2 is 2.03 bits per heavy atom. The molecule has 1 aliphatic rings. The molecule has 0 aliphatic carbocycles. The normalized spacial score (nSPS) is 19.6. The van der Waals surface area contributed by atoms with Gasteiger partial charge in [0.15, 0.2) is 0 Å². The molecule has 3 aromatic rings. The second kappa shape index (κ2) is 11.3. The number of nitrogens with one attached hydrogen (secondary N) is 3. The summed E-state index contributed by atoms with van der Waals surface area (Å²) in [5, 5.41) is 6.59. The Labute approximate surface area is 209 Å². The first-order valence-corrected chi connectivity index (χ1v) is 13.8. The van der Waals surface area contributed by atoms with Crippen LogP contribution in [0.1, 0.15) is 36.9 Å². The van der Waals surface area contributed by atoms with Gasteiger partial charge in [0.1, 0.15) is 6.04 Å². The van der Waals surface area contributed by atoms with Gasteiger partial charge in [0, 0.05) is 35.5 Å². The van der Waals surface area contributed by atoms with E-state index in [4.69, 9.17) is 0 Å². The molecule has 192 valence electrons. The molecule has 1 unspecified atom stereocenters. The van der Waals surface area contributed by atoms with Crippen molar-refractivity contribution in [1.82, 2.24) is 25.5 Å². The maximum Gasteiger partial charge on any atom is 0.326 e. The molecule has 36 heavy (non-hydrogen) atoms. The quantitative estimate of drug-likeness (QED) is 0.275. The highest BCUT2D eigenvalue weighted by atomic mass is 31.2. The molecule has 0 saturated carbocycles. The number of pyridine rings is 1. The Bertz CT molecular complexity index is 1210. The van der Waals surface area contributed by atoms with Gasteiger partial charge in [0.25, 0.3) is 0 Å². The standard InChI is InChI=1S/C25H32N5O5P/c1-17(24(31)27-16-21-13-20-15-26-9-7-22(20)29-21)28-25(32)23-14-19(18-5-3-2-4-6-18)8-10-30(23)11-12-36(33,34)35/h2-7,9,13,15,17,19,23,29H,8,10-12,14,16H2,1H3,(H,27,31)(H,28,32)(H2,33,34,35)/t17?,19-,23+/m0/s1. The van der Waals surface area contributed by atoms with E-state index in [2.05, 4.69) is 20.6 Å². The number of H-pyrrole nitrogens is 1. The van der Waals surface area contributed by atoms with Gasteiger partial charge in [-0.2, -0.15) is 0 Å². The Hall–Kier alpha value is -3.04. The van der Waals surface area contributed by atoms with Crippen molar-refractivity contribution < 1.29 is 23.9 Å². The highest BCUT2D eigenvalue weighted by Gasteiger charge is 2.35. The molecule has 1 saturated heterocycles. The number of piperidine rings is 1. The van der Waals surface area contributed by atoms with Crippen LogP contribution in [0, 0.1) is 0 Å². The first kappa shape index (κ1) is 26.0. The van der Waals surface area contributed by atoms with Crippen LogP contribution >= 0.6 is 7.60 Å². The van der Waals surface area contributed by atoms with Gasteiger partial charge >= 0.3 is 7.60 Å². The molecule has 0 spiro atoms. The molecule has 0 radical (unpaired) electrons. The summed E-state index contributed by atoms with van der Waals surface area (Å²) in [5.74, 6) is -0.494. The van der Waals surface area contributed by atoms with Gasteiger partial charge in [0.2, 0.25) is 11.8 Å². The van der Waals surface area contributed by atoms with Crippen LogP contribution < -0.4 is 10.6 Å². The number of nitrogens with zero attached hydrogens (tertiary/aromatic N) is 2. The van der Waals surface area contributed by atoms with Crippen molar-refractivity contribution in [2.24, 2.45) is 0 Å². The van der Waals surface area contributed by atoms with Crippen LogP contribution in [0.15, 0.2) is 54.9 Å². The van der Waals surface area contributed by atoms with E-state index in [1.165, 1.54) is 0 Å². The fourth-order valence-corrected chi connectivity index (χ4v) is 5.20. The van der Waals surface area contributed by atoms with Crippen molar-refractivity contribution in [3.8, 4) is 0 Å². The number of carbonyl (C=O) groups is 2. The lowest BCUT2D eigenvalue weighted by atomic mass is 9.85. The van der Waals surface area contributed by atoms with E-state index < -0.39 is 19.7 Å². The van der Waals surface area contributed by atoms with Crippen molar-refractivity contribution in [3.05, 3.63) is 66.1 Å². The predicted octanol–water partition coefficient (Wildman–Crippen LogP) is 2.11. The van der Waals surface area contributed by atoms with Gasteiger partial charge in [-0.25, -0.2) is 0 Å². The SMILES string of the molecule is CC(NC(=O)[C@H]1C[C@@H](c2ccccc2)CCN1CCP(=O)(O)O)C(=O)NCc1cc2cnccc2[nH]1. The van der Waals surface area contributed by atoms with Crippen molar-refractivity contribution in [2.75, 3.05) is 19.3 Å². The average Bonchev–Trinajstić information content (AvgIpc) is 3.29. The molecule has 1 aromatic carbocycles. The minimum Gasteiger partial charge on any atom is -0.357 e. The summed E-state index contributed by atoms with van der Waals surface area (Å²) in [6.07, 6.45) is 4.41. The number of hydrogen-bond donors (Lipinski definition) is 5. The van der Waals surface area contributed by atoms with Gasteiger partial charge in [0.05, 0.1) is 18.7 Å². The van der Waals surface area contributed by atoms with Gasteiger partial charge in [-0.05, 0) is 49.9 Å². The third-order valence-corrected chi connectivity index (χ3v) is 7.43.